The van der Waals surface area contributed by atoms with Crippen LogP contribution < -0.4 is 5.32 Å². The molecule has 19 heavy (non-hydrogen) atoms. The lowest BCUT2D eigenvalue weighted by Gasteiger charge is -2.06. The fraction of sp³-hybridized carbons (Fsp3) is 0.429. The van der Waals surface area contributed by atoms with E-state index in [0.29, 0.717) is 16.7 Å². The molecule has 2 aromatic heterocycles. The summed E-state index contributed by atoms with van der Waals surface area (Å²) in [6, 6.07) is 3.43. The molecule has 102 valence electrons. The molecule has 0 spiro atoms. The third-order valence-corrected chi connectivity index (χ3v) is 3.85. The molecular formula is C14H18FN3S. The summed E-state index contributed by atoms with van der Waals surface area (Å²) in [4.78, 5) is 9.76. The van der Waals surface area contributed by atoms with Crippen molar-refractivity contribution in [2.45, 2.75) is 39.8 Å². The highest BCUT2D eigenvalue weighted by Gasteiger charge is 2.15. The van der Waals surface area contributed by atoms with Crippen molar-refractivity contribution in [3.8, 4) is 10.7 Å². The quantitative estimate of drug-likeness (QED) is 0.911. The molecule has 0 unspecified atom stereocenters. The van der Waals surface area contributed by atoms with E-state index < -0.39 is 0 Å². The van der Waals surface area contributed by atoms with Crippen molar-refractivity contribution < 1.29 is 4.39 Å². The second-order valence-corrected chi connectivity index (χ2v) is 5.70. The van der Waals surface area contributed by atoms with Crippen LogP contribution >= 0.6 is 11.3 Å². The Bertz CT molecular complexity index is 551. The molecule has 0 aliphatic rings. The van der Waals surface area contributed by atoms with E-state index in [0.717, 1.165) is 23.5 Å². The SMILES string of the molecule is CCc1nc(-c2ncccc2F)sc1CNC(C)C. The molecule has 0 atom stereocenters. The normalized spacial score (nSPS) is 11.2. The first-order valence-corrected chi connectivity index (χ1v) is 7.26. The van der Waals surface area contributed by atoms with Crippen molar-refractivity contribution in [3.63, 3.8) is 0 Å². The monoisotopic (exact) mass is 279 g/mol. The van der Waals surface area contributed by atoms with E-state index in [-0.39, 0.29) is 5.82 Å². The number of hydrogen-bond donors (Lipinski definition) is 1. The molecule has 2 rings (SSSR count). The number of nitrogens with zero attached hydrogens (tertiary/aromatic N) is 2. The molecule has 2 aromatic rings. The van der Waals surface area contributed by atoms with Gasteiger partial charge in [0.1, 0.15) is 10.7 Å². The van der Waals surface area contributed by atoms with E-state index in [1.165, 1.54) is 17.4 Å². The summed E-state index contributed by atoms with van der Waals surface area (Å²) in [7, 11) is 0. The van der Waals surface area contributed by atoms with Gasteiger partial charge in [-0.05, 0) is 18.6 Å². The molecule has 1 N–H and O–H groups in total. The van der Waals surface area contributed by atoms with Crippen molar-refractivity contribution in [1.29, 1.82) is 0 Å². The zero-order valence-corrected chi connectivity index (χ0v) is 12.2. The number of hydrogen-bond acceptors (Lipinski definition) is 4. The molecule has 2 heterocycles. The number of halogens is 1. The lowest BCUT2D eigenvalue weighted by molar-refractivity contribution is 0.590. The third-order valence-electron chi connectivity index (χ3n) is 2.75. The van der Waals surface area contributed by atoms with Crippen LogP contribution in [0.1, 0.15) is 31.3 Å². The largest absolute Gasteiger partial charge is 0.310 e. The van der Waals surface area contributed by atoms with E-state index in [4.69, 9.17) is 0 Å². The Morgan fingerprint density at radius 3 is 2.84 bits per heavy atom. The summed E-state index contributed by atoms with van der Waals surface area (Å²) in [6.07, 6.45) is 2.44. The molecular weight excluding hydrogens is 261 g/mol. The summed E-state index contributed by atoms with van der Waals surface area (Å²) >= 11 is 1.52. The minimum atomic E-state index is -0.317. The van der Waals surface area contributed by atoms with E-state index in [9.17, 15) is 4.39 Å². The van der Waals surface area contributed by atoms with Crippen molar-refractivity contribution in [3.05, 3.63) is 34.7 Å². The number of pyridine rings is 1. The molecule has 0 radical (unpaired) electrons. The average Bonchev–Trinajstić information content (AvgIpc) is 2.80. The highest BCUT2D eigenvalue weighted by molar-refractivity contribution is 7.15. The van der Waals surface area contributed by atoms with Crippen LogP contribution in [0.15, 0.2) is 18.3 Å². The van der Waals surface area contributed by atoms with Gasteiger partial charge < -0.3 is 5.32 Å². The van der Waals surface area contributed by atoms with Gasteiger partial charge in [-0.15, -0.1) is 11.3 Å². The number of aryl methyl sites for hydroxylation is 1. The van der Waals surface area contributed by atoms with Crippen molar-refractivity contribution in [2.24, 2.45) is 0 Å². The summed E-state index contributed by atoms with van der Waals surface area (Å²) in [5, 5.41) is 4.03. The summed E-state index contributed by atoms with van der Waals surface area (Å²) in [5.74, 6) is -0.317. The van der Waals surface area contributed by atoms with Crippen LogP contribution in [0.3, 0.4) is 0 Å². The van der Waals surface area contributed by atoms with Crippen LogP contribution in [-0.4, -0.2) is 16.0 Å². The van der Waals surface area contributed by atoms with E-state index in [1.807, 2.05) is 0 Å². The molecule has 0 saturated heterocycles. The van der Waals surface area contributed by atoms with Gasteiger partial charge in [0.15, 0.2) is 5.82 Å². The number of thiazole rings is 1. The van der Waals surface area contributed by atoms with E-state index >= 15 is 0 Å². The van der Waals surface area contributed by atoms with Crippen LogP contribution in [0, 0.1) is 5.82 Å². The fourth-order valence-corrected chi connectivity index (χ4v) is 2.84. The van der Waals surface area contributed by atoms with Gasteiger partial charge in [0.2, 0.25) is 0 Å². The maximum Gasteiger partial charge on any atom is 0.151 e. The maximum absolute atomic E-state index is 13.7. The summed E-state index contributed by atoms with van der Waals surface area (Å²) < 4.78 is 13.7. The Kier molecular flexibility index (Phi) is 4.61. The number of aromatic nitrogens is 2. The highest BCUT2D eigenvalue weighted by Crippen LogP contribution is 2.28. The predicted molar refractivity (Wildman–Crippen MR) is 76.7 cm³/mol. The number of nitrogens with one attached hydrogen (secondary N) is 1. The Morgan fingerprint density at radius 2 is 2.21 bits per heavy atom. The van der Waals surface area contributed by atoms with Gasteiger partial charge in [-0.1, -0.05) is 20.8 Å². The van der Waals surface area contributed by atoms with E-state index in [2.05, 4.69) is 36.1 Å². The second-order valence-electron chi connectivity index (χ2n) is 4.61. The van der Waals surface area contributed by atoms with Crippen LogP contribution in [0.2, 0.25) is 0 Å². The molecule has 5 heteroatoms. The topological polar surface area (TPSA) is 37.8 Å². The molecule has 0 amide bonds. The Balaban J connectivity index is 2.31. The Labute approximate surface area is 116 Å². The van der Waals surface area contributed by atoms with Crippen LogP contribution in [0.25, 0.3) is 10.7 Å². The lowest BCUT2D eigenvalue weighted by atomic mass is 10.3. The first-order chi connectivity index (χ1) is 9.11. The minimum Gasteiger partial charge on any atom is -0.310 e. The Morgan fingerprint density at radius 1 is 1.42 bits per heavy atom. The Hall–Kier alpha value is -1.33. The second kappa shape index (κ2) is 6.21. The zero-order chi connectivity index (χ0) is 13.8. The van der Waals surface area contributed by atoms with Crippen LogP contribution in [-0.2, 0) is 13.0 Å². The molecule has 0 fully saturated rings. The minimum absolute atomic E-state index is 0.317. The summed E-state index contributed by atoms with van der Waals surface area (Å²) in [5.41, 5.74) is 1.37. The first kappa shape index (κ1) is 14.1. The molecule has 0 aliphatic carbocycles. The fourth-order valence-electron chi connectivity index (χ4n) is 1.74. The predicted octanol–water partition coefficient (Wildman–Crippen LogP) is 3.40. The number of rotatable bonds is 5. The van der Waals surface area contributed by atoms with Gasteiger partial charge in [-0.2, -0.15) is 0 Å². The van der Waals surface area contributed by atoms with Gasteiger partial charge >= 0.3 is 0 Å². The smallest absolute Gasteiger partial charge is 0.151 e. The molecule has 0 bridgehead atoms. The van der Waals surface area contributed by atoms with Crippen molar-refractivity contribution >= 4 is 11.3 Å². The van der Waals surface area contributed by atoms with Crippen LogP contribution in [0.5, 0.6) is 0 Å². The third kappa shape index (κ3) is 3.36. The van der Waals surface area contributed by atoms with Gasteiger partial charge in [0.05, 0.1) is 5.69 Å². The zero-order valence-electron chi connectivity index (χ0n) is 11.4. The summed E-state index contributed by atoms with van der Waals surface area (Å²) in [6.45, 7) is 7.04. The highest BCUT2D eigenvalue weighted by atomic mass is 32.1. The van der Waals surface area contributed by atoms with Gasteiger partial charge in [0.25, 0.3) is 0 Å². The van der Waals surface area contributed by atoms with Crippen molar-refractivity contribution in [2.75, 3.05) is 0 Å². The molecule has 3 nitrogen and oxygen atoms in total. The van der Waals surface area contributed by atoms with E-state index in [1.54, 1.807) is 12.3 Å². The maximum atomic E-state index is 13.7. The van der Waals surface area contributed by atoms with Crippen LogP contribution in [0.4, 0.5) is 4.39 Å². The molecule has 0 aliphatic heterocycles. The standard InChI is InChI=1S/C14H18FN3S/c1-4-11-12(8-17-9(2)3)19-14(18-11)13-10(15)6-5-7-16-13/h5-7,9,17H,4,8H2,1-3H3. The molecule has 0 aromatic carbocycles. The van der Waals surface area contributed by atoms with Gasteiger partial charge in [0, 0.05) is 23.7 Å². The van der Waals surface area contributed by atoms with Crippen molar-refractivity contribution in [1.82, 2.24) is 15.3 Å². The average molecular weight is 279 g/mol. The lowest BCUT2D eigenvalue weighted by Crippen LogP contribution is -2.21. The first-order valence-electron chi connectivity index (χ1n) is 6.44. The molecule has 0 saturated carbocycles. The van der Waals surface area contributed by atoms with Gasteiger partial charge in [-0.3, -0.25) is 4.98 Å². The van der Waals surface area contributed by atoms with Gasteiger partial charge in [-0.25, -0.2) is 9.37 Å².